The first-order valence-corrected chi connectivity index (χ1v) is 5.04. The Balaban J connectivity index is 0.00000144. The molecule has 7 heteroatoms. The zero-order valence-corrected chi connectivity index (χ0v) is 11.7. The number of fused-ring (bicyclic) bond motifs is 1. The van der Waals surface area contributed by atoms with Crippen molar-refractivity contribution in [3.05, 3.63) is 30.3 Å². The molecule has 2 aromatic rings. The smallest absolute Gasteiger partial charge is 0.691 e. The molecule has 84 valence electrons. The molecule has 0 aliphatic rings. The van der Waals surface area contributed by atoms with Gasteiger partial charge in [0.05, 0.1) is 12.0 Å². The normalized spacial score (nSPS) is 10.2. The molecular weight excluding hydrogens is 255 g/mol. The molecule has 0 aliphatic carbocycles. The van der Waals surface area contributed by atoms with Crippen LogP contribution in [0.25, 0.3) is 10.8 Å². The van der Waals surface area contributed by atoms with Crippen molar-refractivity contribution in [2.75, 3.05) is 0 Å². The summed E-state index contributed by atoms with van der Waals surface area (Å²) in [5.41, 5.74) is 0. The summed E-state index contributed by atoms with van der Waals surface area (Å²) in [5.74, 6) is -0.373. The molecule has 0 fully saturated rings. The first kappa shape index (κ1) is 14.6. The van der Waals surface area contributed by atoms with Crippen LogP contribution in [0.1, 0.15) is 0 Å². The van der Waals surface area contributed by atoms with Gasteiger partial charge in [-0.15, -0.1) is 0 Å². The van der Waals surface area contributed by atoms with Gasteiger partial charge in [0, 0.05) is 4.90 Å². The van der Waals surface area contributed by atoms with Gasteiger partial charge in [0.15, 0.2) is 11.5 Å². The van der Waals surface area contributed by atoms with Crippen molar-refractivity contribution < 1.29 is 54.4 Å². The minimum Gasteiger partial charge on any atom is -0.691 e. The fourth-order valence-electron chi connectivity index (χ4n) is 1.36. The van der Waals surface area contributed by atoms with Crippen LogP contribution in [0.3, 0.4) is 0 Å². The first-order chi connectivity index (χ1) is 7.70. The molecule has 0 amide bonds. The van der Waals surface area contributed by atoms with Crippen molar-refractivity contribution in [3.8, 4) is 11.5 Å². The monoisotopic (exact) mass is 262 g/mol. The van der Waals surface area contributed by atoms with E-state index in [9.17, 15) is 15.5 Å². The van der Waals surface area contributed by atoms with E-state index in [4.69, 9.17) is 0 Å². The molecule has 2 rings (SSSR count). The van der Waals surface area contributed by atoms with Gasteiger partial charge in [0.2, 0.25) is 0 Å². The van der Waals surface area contributed by atoms with Crippen molar-refractivity contribution in [2.24, 2.45) is 0 Å². The topological polar surface area (TPSA) is 82.0 Å². The summed E-state index contributed by atoms with van der Waals surface area (Å²) in [7, 11) is 0. The minimum atomic E-state index is -0.198. The van der Waals surface area contributed by atoms with Gasteiger partial charge in [-0.05, 0) is 35.0 Å². The zero-order valence-electron chi connectivity index (χ0n) is 8.91. The number of hydrogen-bond donors (Lipinski definition) is 2. The van der Waals surface area contributed by atoms with E-state index in [1.54, 1.807) is 18.2 Å². The van der Waals surface area contributed by atoms with Crippen molar-refractivity contribution >= 4 is 22.8 Å². The molecule has 0 atom stereocenters. The SMILES string of the molecule is [Na+].[O-]OOSc1ccc2cc(O)c(O)cc2c1. The molecule has 2 N–H and O–H groups in total. The van der Waals surface area contributed by atoms with E-state index in [2.05, 4.69) is 9.37 Å². The maximum atomic E-state index is 9.65. The third-order valence-electron chi connectivity index (χ3n) is 2.06. The molecule has 0 bridgehead atoms. The molecule has 0 aromatic heterocycles. The molecule has 0 aliphatic heterocycles. The van der Waals surface area contributed by atoms with Gasteiger partial charge in [-0.1, -0.05) is 6.07 Å². The first-order valence-electron chi connectivity index (χ1n) is 4.29. The van der Waals surface area contributed by atoms with Gasteiger partial charge < -0.3 is 15.5 Å². The summed E-state index contributed by atoms with van der Waals surface area (Å²) in [6, 6.07) is 7.99. The fourth-order valence-corrected chi connectivity index (χ4v) is 1.76. The van der Waals surface area contributed by atoms with Gasteiger partial charge >= 0.3 is 29.6 Å². The maximum Gasteiger partial charge on any atom is 1.00 e. The standard InChI is InChI=1S/C10H8O5S.Na/c11-9-4-6-1-2-8(16-15-14-13)3-7(6)5-10(9)12;/h1-5,11-13H;/q;+1/p-1. The molecule has 0 heterocycles. The second-order valence-electron chi connectivity index (χ2n) is 3.07. The van der Waals surface area contributed by atoms with E-state index >= 15 is 0 Å². The molecular formula is C10H7NaO5S. The summed E-state index contributed by atoms with van der Waals surface area (Å²) in [6.07, 6.45) is 0. The Kier molecular flexibility index (Phi) is 5.54. The Bertz CT molecular complexity index is 519. The number of benzene rings is 2. The number of aromatic hydroxyl groups is 2. The number of rotatable bonds is 3. The minimum absolute atomic E-state index is 0. The summed E-state index contributed by atoms with van der Waals surface area (Å²) in [4.78, 5) is 0.647. The van der Waals surface area contributed by atoms with Crippen LogP contribution in [0.2, 0.25) is 0 Å². The summed E-state index contributed by atoms with van der Waals surface area (Å²) < 4.78 is 4.17. The second kappa shape index (κ2) is 6.46. The van der Waals surface area contributed by atoms with E-state index in [0.29, 0.717) is 4.90 Å². The Morgan fingerprint density at radius 3 is 2.29 bits per heavy atom. The van der Waals surface area contributed by atoms with Gasteiger partial charge in [-0.2, -0.15) is 4.33 Å². The van der Waals surface area contributed by atoms with Crippen molar-refractivity contribution in [1.29, 1.82) is 0 Å². The van der Waals surface area contributed by atoms with Crippen molar-refractivity contribution in [3.63, 3.8) is 0 Å². The Morgan fingerprint density at radius 2 is 1.65 bits per heavy atom. The van der Waals surface area contributed by atoms with E-state index in [-0.39, 0.29) is 41.1 Å². The predicted octanol–water partition coefficient (Wildman–Crippen LogP) is -1.51. The van der Waals surface area contributed by atoms with E-state index in [1.807, 2.05) is 0 Å². The van der Waals surface area contributed by atoms with Crippen LogP contribution in [0.5, 0.6) is 11.5 Å². The maximum absolute atomic E-state index is 9.65. The van der Waals surface area contributed by atoms with Gasteiger partial charge in [0.25, 0.3) is 0 Å². The number of phenolic OH excluding ortho intramolecular Hbond substituents is 2. The van der Waals surface area contributed by atoms with E-state index < -0.39 is 0 Å². The van der Waals surface area contributed by atoms with Crippen molar-refractivity contribution in [1.82, 2.24) is 0 Å². The van der Waals surface area contributed by atoms with Crippen LogP contribution in [0, 0.1) is 0 Å². The molecule has 5 nitrogen and oxygen atoms in total. The fraction of sp³-hybridized carbons (Fsp3) is 0. The van der Waals surface area contributed by atoms with Gasteiger partial charge in [-0.25, -0.2) is 0 Å². The van der Waals surface area contributed by atoms with Gasteiger partial charge in [0.1, 0.15) is 0 Å². The molecule has 2 aromatic carbocycles. The molecule has 0 spiro atoms. The summed E-state index contributed by atoms with van der Waals surface area (Å²) in [5, 5.41) is 33.0. The van der Waals surface area contributed by atoms with Gasteiger partial charge in [-0.3, -0.25) is 5.04 Å². The quantitative estimate of drug-likeness (QED) is 0.230. The third-order valence-corrected chi connectivity index (χ3v) is 2.63. The zero-order chi connectivity index (χ0) is 11.5. The largest absolute Gasteiger partial charge is 1.00 e. The van der Waals surface area contributed by atoms with E-state index in [0.717, 1.165) is 22.8 Å². The molecule has 0 saturated carbocycles. The number of hydrogen-bond acceptors (Lipinski definition) is 6. The van der Waals surface area contributed by atoms with Crippen LogP contribution >= 0.6 is 12.0 Å². The average Bonchev–Trinajstić information content (AvgIpc) is 2.28. The van der Waals surface area contributed by atoms with Crippen molar-refractivity contribution in [2.45, 2.75) is 4.90 Å². The Morgan fingerprint density at radius 1 is 1.00 bits per heavy atom. The molecule has 0 unspecified atom stereocenters. The summed E-state index contributed by atoms with van der Waals surface area (Å²) >= 11 is 0.766. The van der Waals surface area contributed by atoms with Crippen LogP contribution in [0.15, 0.2) is 35.2 Å². The summed E-state index contributed by atoms with van der Waals surface area (Å²) in [6.45, 7) is 0. The van der Waals surface area contributed by atoms with Crippen LogP contribution in [-0.4, -0.2) is 10.2 Å². The van der Waals surface area contributed by atoms with Crippen LogP contribution < -0.4 is 34.8 Å². The molecule has 17 heavy (non-hydrogen) atoms. The molecule has 0 saturated heterocycles. The predicted molar refractivity (Wildman–Crippen MR) is 55.3 cm³/mol. The van der Waals surface area contributed by atoms with Crippen LogP contribution in [0.4, 0.5) is 0 Å². The van der Waals surface area contributed by atoms with E-state index in [1.165, 1.54) is 12.1 Å². The second-order valence-corrected chi connectivity index (χ2v) is 3.84. The average molecular weight is 262 g/mol. The van der Waals surface area contributed by atoms with Crippen LogP contribution in [-0.2, 0) is 9.37 Å². The number of phenols is 2. The Hall–Kier alpha value is -0.470. The Labute approximate surface area is 123 Å². The third kappa shape index (κ3) is 3.49. The molecule has 0 radical (unpaired) electrons.